The molecule has 0 saturated carbocycles. The van der Waals surface area contributed by atoms with Crippen LogP contribution in [0.4, 0.5) is 10.3 Å². The third kappa shape index (κ3) is 1.48. The third-order valence-electron chi connectivity index (χ3n) is 1.59. The SMILES string of the molecule is Nc1ncc(F)c(-c2occc2Br)n1. The van der Waals surface area contributed by atoms with Crippen LogP contribution in [0, 0.1) is 5.82 Å². The molecule has 0 bridgehead atoms. The van der Waals surface area contributed by atoms with Gasteiger partial charge in [-0.25, -0.2) is 14.4 Å². The summed E-state index contributed by atoms with van der Waals surface area (Å²) in [6.07, 6.45) is 2.43. The van der Waals surface area contributed by atoms with Gasteiger partial charge in [0.25, 0.3) is 0 Å². The van der Waals surface area contributed by atoms with E-state index < -0.39 is 5.82 Å². The largest absolute Gasteiger partial charge is 0.461 e. The molecule has 0 aromatic carbocycles. The summed E-state index contributed by atoms with van der Waals surface area (Å²) in [4.78, 5) is 7.26. The van der Waals surface area contributed by atoms with E-state index in [0.29, 0.717) is 10.2 Å². The van der Waals surface area contributed by atoms with Crippen LogP contribution in [0.3, 0.4) is 0 Å². The second-order valence-corrected chi connectivity index (χ2v) is 3.38. The van der Waals surface area contributed by atoms with Crippen LogP contribution in [-0.2, 0) is 0 Å². The lowest BCUT2D eigenvalue weighted by Gasteiger charge is -1.99. The highest BCUT2D eigenvalue weighted by atomic mass is 79.9. The molecule has 2 aromatic rings. The number of nitrogens with two attached hydrogens (primary N) is 1. The van der Waals surface area contributed by atoms with Crippen molar-refractivity contribution in [3.05, 3.63) is 28.8 Å². The van der Waals surface area contributed by atoms with E-state index in [1.54, 1.807) is 6.07 Å². The van der Waals surface area contributed by atoms with Crippen molar-refractivity contribution in [2.24, 2.45) is 0 Å². The van der Waals surface area contributed by atoms with Crippen molar-refractivity contribution in [1.82, 2.24) is 9.97 Å². The van der Waals surface area contributed by atoms with Gasteiger partial charge in [0.15, 0.2) is 11.6 Å². The summed E-state index contributed by atoms with van der Waals surface area (Å²) in [5, 5.41) is 0. The fraction of sp³-hybridized carbons (Fsp3) is 0. The Morgan fingerprint density at radius 3 is 2.93 bits per heavy atom. The molecule has 0 spiro atoms. The minimum Gasteiger partial charge on any atom is -0.461 e. The summed E-state index contributed by atoms with van der Waals surface area (Å²) >= 11 is 3.20. The van der Waals surface area contributed by atoms with Gasteiger partial charge in [-0.1, -0.05) is 0 Å². The lowest BCUT2D eigenvalue weighted by Crippen LogP contribution is -1.98. The lowest BCUT2D eigenvalue weighted by molar-refractivity contribution is 0.561. The van der Waals surface area contributed by atoms with Crippen LogP contribution in [0.25, 0.3) is 11.5 Å². The Kier molecular flexibility index (Phi) is 2.20. The Morgan fingerprint density at radius 2 is 2.29 bits per heavy atom. The summed E-state index contributed by atoms with van der Waals surface area (Å²) in [5.41, 5.74) is 5.39. The highest BCUT2D eigenvalue weighted by Crippen LogP contribution is 2.29. The molecule has 0 aliphatic carbocycles. The molecular weight excluding hydrogens is 253 g/mol. The molecule has 72 valence electrons. The van der Waals surface area contributed by atoms with Crippen molar-refractivity contribution in [3.63, 3.8) is 0 Å². The molecule has 0 amide bonds. The zero-order valence-corrected chi connectivity index (χ0v) is 8.45. The van der Waals surface area contributed by atoms with Gasteiger partial charge in [0.2, 0.25) is 5.95 Å². The van der Waals surface area contributed by atoms with Crippen molar-refractivity contribution in [3.8, 4) is 11.5 Å². The fourth-order valence-electron chi connectivity index (χ4n) is 1.00. The number of furan rings is 1. The van der Waals surface area contributed by atoms with Crippen LogP contribution in [0.1, 0.15) is 0 Å². The second-order valence-electron chi connectivity index (χ2n) is 2.52. The maximum absolute atomic E-state index is 13.3. The molecule has 2 N–H and O–H groups in total. The highest BCUT2D eigenvalue weighted by molar-refractivity contribution is 9.10. The Balaban J connectivity index is 2.62. The van der Waals surface area contributed by atoms with E-state index >= 15 is 0 Å². The number of halogens is 2. The second kappa shape index (κ2) is 3.38. The standard InChI is InChI=1S/C8H5BrFN3O/c9-4-1-2-14-7(4)6-5(10)3-12-8(11)13-6/h1-3H,(H2,11,12,13). The third-order valence-corrected chi connectivity index (χ3v) is 2.22. The van der Waals surface area contributed by atoms with Gasteiger partial charge < -0.3 is 10.2 Å². The van der Waals surface area contributed by atoms with Crippen LogP contribution in [0.15, 0.2) is 27.4 Å². The molecule has 0 aliphatic heterocycles. The van der Waals surface area contributed by atoms with Crippen molar-refractivity contribution >= 4 is 21.9 Å². The zero-order valence-electron chi connectivity index (χ0n) is 6.87. The van der Waals surface area contributed by atoms with Gasteiger partial charge in [-0.15, -0.1) is 0 Å². The van der Waals surface area contributed by atoms with Crippen LogP contribution in [-0.4, -0.2) is 9.97 Å². The van der Waals surface area contributed by atoms with E-state index in [1.807, 2.05) is 0 Å². The molecule has 0 radical (unpaired) electrons. The molecule has 0 saturated heterocycles. The number of hydrogen-bond acceptors (Lipinski definition) is 4. The van der Waals surface area contributed by atoms with Gasteiger partial charge in [-0.2, -0.15) is 0 Å². The summed E-state index contributed by atoms with van der Waals surface area (Å²) in [6, 6.07) is 1.65. The molecule has 2 rings (SSSR count). The van der Waals surface area contributed by atoms with Gasteiger partial charge in [0.1, 0.15) is 5.69 Å². The smallest absolute Gasteiger partial charge is 0.220 e. The number of aromatic nitrogens is 2. The van der Waals surface area contributed by atoms with E-state index in [0.717, 1.165) is 6.20 Å². The minimum atomic E-state index is -0.574. The molecule has 2 aromatic heterocycles. The molecule has 2 heterocycles. The Bertz CT molecular complexity index is 471. The van der Waals surface area contributed by atoms with E-state index in [4.69, 9.17) is 10.2 Å². The average Bonchev–Trinajstić information content (AvgIpc) is 2.56. The Morgan fingerprint density at radius 1 is 1.50 bits per heavy atom. The summed E-state index contributed by atoms with van der Waals surface area (Å²) in [5.74, 6) is -0.267. The Labute approximate surface area is 87.1 Å². The van der Waals surface area contributed by atoms with Crippen molar-refractivity contribution in [2.75, 3.05) is 5.73 Å². The first-order chi connectivity index (χ1) is 6.68. The molecule has 0 unspecified atom stereocenters. The number of anilines is 1. The number of nitrogens with zero attached hydrogens (tertiary/aromatic N) is 2. The van der Waals surface area contributed by atoms with Crippen molar-refractivity contribution in [2.45, 2.75) is 0 Å². The van der Waals surface area contributed by atoms with Gasteiger partial charge in [0, 0.05) is 0 Å². The number of nitrogen functional groups attached to an aromatic ring is 1. The maximum atomic E-state index is 13.3. The molecule has 0 atom stereocenters. The molecule has 0 aliphatic rings. The average molecular weight is 258 g/mol. The first-order valence-corrected chi connectivity index (χ1v) is 4.49. The number of rotatable bonds is 1. The first kappa shape index (κ1) is 9.14. The van der Waals surface area contributed by atoms with Crippen LogP contribution < -0.4 is 5.73 Å². The predicted octanol–water partition coefficient (Wildman–Crippen LogP) is 2.22. The molecule has 6 heteroatoms. The zero-order chi connectivity index (χ0) is 10.1. The summed E-state index contributed by atoms with van der Waals surface area (Å²) in [7, 11) is 0. The summed E-state index contributed by atoms with van der Waals surface area (Å²) < 4.78 is 18.9. The summed E-state index contributed by atoms with van der Waals surface area (Å²) in [6.45, 7) is 0. The van der Waals surface area contributed by atoms with Gasteiger partial charge >= 0.3 is 0 Å². The maximum Gasteiger partial charge on any atom is 0.220 e. The van der Waals surface area contributed by atoms with E-state index in [9.17, 15) is 4.39 Å². The Hall–Kier alpha value is -1.43. The topological polar surface area (TPSA) is 64.9 Å². The fourth-order valence-corrected chi connectivity index (χ4v) is 1.39. The van der Waals surface area contributed by atoms with Crippen LogP contribution in [0.2, 0.25) is 0 Å². The molecule has 4 nitrogen and oxygen atoms in total. The van der Waals surface area contributed by atoms with Gasteiger partial charge in [0.05, 0.1) is 16.9 Å². The predicted molar refractivity (Wildman–Crippen MR) is 51.8 cm³/mol. The quantitative estimate of drug-likeness (QED) is 0.851. The lowest BCUT2D eigenvalue weighted by atomic mass is 10.3. The van der Waals surface area contributed by atoms with Crippen molar-refractivity contribution in [1.29, 1.82) is 0 Å². The molecular formula is C8H5BrFN3O. The first-order valence-electron chi connectivity index (χ1n) is 3.70. The van der Waals surface area contributed by atoms with E-state index in [1.165, 1.54) is 6.26 Å². The van der Waals surface area contributed by atoms with Crippen LogP contribution in [0.5, 0.6) is 0 Å². The van der Waals surface area contributed by atoms with Crippen LogP contribution >= 0.6 is 15.9 Å². The monoisotopic (exact) mass is 257 g/mol. The van der Waals surface area contributed by atoms with E-state index in [2.05, 4.69) is 25.9 Å². The minimum absolute atomic E-state index is 0.00435. The molecule has 0 fully saturated rings. The normalized spacial score (nSPS) is 10.4. The van der Waals surface area contributed by atoms with Gasteiger partial charge in [-0.3, -0.25) is 0 Å². The molecule has 14 heavy (non-hydrogen) atoms. The van der Waals surface area contributed by atoms with E-state index in [-0.39, 0.29) is 11.6 Å². The van der Waals surface area contributed by atoms with Crippen molar-refractivity contribution < 1.29 is 8.81 Å². The highest BCUT2D eigenvalue weighted by Gasteiger charge is 2.14. The van der Waals surface area contributed by atoms with Gasteiger partial charge in [-0.05, 0) is 22.0 Å². The number of hydrogen-bond donors (Lipinski definition) is 1.